The van der Waals surface area contributed by atoms with Gasteiger partial charge in [0.15, 0.2) is 0 Å². The van der Waals surface area contributed by atoms with Crippen molar-refractivity contribution in [3.05, 3.63) is 0 Å². The minimum Gasteiger partial charge on any atom is -0.465 e. The fourth-order valence-electron chi connectivity index (χ4n) is 1.95. The summed E-state index contributed by atoms with van der Waals surface area (Å²) in [6.45, 7) is 6.75. The van der Waals surface area contributed by atoms with Gasteiger partial charge in [-0.3, -0.25) is 0 Å². The molecule has 0 saturated carbocycles. The van der Waals surface area contributed by atoms with Gasteiger partial charge >= 0.3 is 6.09 Å². The molecule has 0 fully saturated rings. The predicted octanol–water partition coefficient (Wildman–Crippen LogP) is -1.11. The van der Waals surface area contributed by atoms with Crippen LogP contribution in [0.25, 0.3) is 0 Å². The lowest BCUT2D eigenvalue weighted by Crippen LogP contribution is -2.26. The van der Waals surface area contributed by atoms with E-state index in [4.69, 9.17) is 45.0 Å². The average Bonchev–Trinajstić information content (AvgIpc) is 2.68. The highest BCUT2D eigenvalue weighted by Crippen LogP contribution is 2.01. The molecule has 28 heavy (non-hydrogen) atoms. The number of carbonyl (C=O) groups is 1. The van der Waals surface area contributed by atoms with Crippen LogP contribution in [-0.4, -0.2) is 110 Å². The van der Waals surface area contributed by atoms with Crippen LogP contribution in [0, 0.1) is 5.92 Å². The number of ether oxygens (including phenoxy) is 6. The Kier molecular flexibility index (Phi) is 21.4. The number of nitrogens with two attached hydrogens (primary N) is 2. The summed E-state index contributed by atoms with van der Waals surface area (Å²) < 4.78 is 32.6. The van der Waals surface area contributed by atoms with Gasteiger partial charge in [0.2, 0.25) is 0 Å². The summed E-state index contributed by atoms with van der Waals surface area (Å²) in [4.78, 5) is 10.3. The third-order valence-corrected chi connectivity index (χ3v) is 3.22. The maximum atomic E-state index is 10.3. The van der Waals surface area contributed by atoms with E-state index in [0.717, 1.165) is 0 Å². The summed E-state index contributed by atoms with van der Waals surface area (Å²) in [7, 11) is 0. The second-order valence-electron chi connectivity index (χ2n) is 5.74. The fraction of sp³-hybridized carbons (Fsp3) is 0.941. The van der Waals surface area contributed by atoms with Gasteiger partial charge in [-0.1, -0.05) is 0 Å². The van der Waals surface area contributed by atoms with Crippen molar-refractivity contribution in [3.8, 4) is 0 Å². The number of carboxylic acid groups (broad SMARTS) is 1. The van der Waals surface area contributed by atoms with Crippen LogP contribution in [0.1, 0.15) is 0 Å². The Balaban J connectivity index is 3.80. The van der Waals surface area contributed by atoms with Crippen molar-refractivity contribution in [2.45, 2.75) is 0 Å². The Morgan fingerprint density at radius 2 is 1.07 bits per heavy atom. The lowest BCUT2D eigenvalue weighted by atomic mass is 10.2. The van der Waals surface area contributed by atoms with Crippen molar-refractivity contribution in [1.29, 1.82) is 0 Å². The molecule has 0 rings (SSSR count). The maximum absolute atomic E-state index is 10.3. The predicted molar refractivity (Wildman–Crippen MR) is 103 cm³/mol. The first-order valence-corrected chi connectivity index (χ1v) is 9.54. The van der Waals surface area contributed by atoms with Crippen LogP contribution in [0.4, 0.5) is 4.79 Å². The molecule has 0 radical (unpaired) electrons. The van der Waals surface area contributed by atoms with E-state index in [9.17, 15) is 4.79 Å². The van der Waals surface area contributed by atoms with Gasteiger partial charge in [-0.05, 0) is 0 Å². The zero-order chi connectivity index (χ0) is 20.7. The summed E-state index contributed by atoms with van der Waals surface area (Å²) in [5.41, 5.74) is 10.7. The van der Waals surface area contributed by atoms with Crippen molar-refractivity contribution < 1.29 is 38.3 Å². The van der Waals surface area contributed by atoms with Crippen molar-refractivity contribution in [2.75, 3.05) is 98.9 Å². The van der Waals surface area contributed by atoms with Crippen molar-refractivity contribution in [1.82, 2.24) is 5.32 Å². The molecule has 0 spiro atoms. The van der Waals surface area contributed by atoms with E-state index in [2.05, 4.69) is 5.32 Å². The normalized spacial score (nSPS) is 11.2. The van der Waals surface area contributed by atoms with Gasteiger partial charge in [-0.25, -0.2) is 4.79 Å². The Hall–Kier alpha value is -1.05. The number of amides is 1. The van der Waals surface area contributed by atoms with Gasteiger partial charge < -0.3 is 50.3 Å². The highest BCUT2D eigenvalue weighted by atomic mass is 16.5. The molecule has 6 N–H and O–H groups in total. The van der Waals surface area contributed by atoms with Crippen LogP contribution in [0.2, 0.25) is 0 Å². The number of rotatable bonds is 22. The van der Waals surface area contributed by atoms with Gasteiger partial charge in [0.25, 0.3) is 0 Å². The minimum absolute atomic E-state index is 0.0673. The van der Waals surface area contributed by atoms with Gasteiger partial charge in [0.1, 0.15) is 0 Å². The van der Waals surface area contributed by atoms with Crippen LogP contribution in [-0.2, 0) is 28.4 Å². The third kappa shape index (κ3) is 21.3. The average molecular weight is 411 g/mol. The standard InChI is InChI=1S/C17H37N3O8/c18-1-4-23-7-10-26-13-16(14-27-11-8-24-5-2-19)15-28-12-9-25-6-3-20-17(21)22/h16,20H,1-15,18-19H2,(H,21,22). The molecule has 0 aromatic carbocycles. The summed E-state index contributed by atoms with van der Waals surface area (Å²) in [5.74, 6) is 0.0673. The molecule has 11 nitrogen and oxygen atoms in total. The van der Waals surface area contributed by atoms with Gasteiger partial charge in [-0.2, -0.15) is 0 Å². The summed E-state index contributed by atoms with van der Waals surface area (Å²) in [6, 6.07) is 0. The van der Waals surface area contributed by atoms with Crippen molar-refractivity contribution >= 4 is 6.09 Å². The Morgan fingerprint density at radius 1 is 0.679 bits per heavy atom. The molecule has 0 aliphatic rings. The van der Waals surface area contributed by atoms with Crippen LogP contribution in [0.5, 0.6) is 0 Å². The molecule has 0 heterocycles. The SMILES string of the molecule is NCCOCCOCC(COCCOCCN)COCCOCCNC(=O)O. The Bertz CT molecular complexity index is 324. The van der Waals surface area contributed by atoms with E-state index in [1.807, 2.05) is 0 Å². The van der Waals surface area contributed by atoms with E-state index < -0.39 is 6.09 Å². The molecule has 11 heteroatoms. The zero-order valence-corrected chi connectivity index (χ0v) is 16.6. The molecule has 0 bridgehead atoms. The van der Waals surface area contributed by atoms with Crippen molar-refractivity contribution in [3.63, 3.8) is 0 Å². The molecule has 168 valence electrons. The molecule has 0 aromatic rings. The highest BCUT2D eigenvalue weighted by molar-refractivity contribution is 5.64. The van der Waals surface area contributed by atoms with Gasteiger partial charge in [-0.15, -0.1) is 0 Å². The molecular formula is C17H37N3O8. The summed E-state index contributed by atoms with van der Waals surface area (Å²) in [5, 5.41) is 10.7. The largest absolute Gasteiger partial charge is 0.465 e. The molecule has 0 saturated heterocycles. The fourth-order valence-corrected chi connectivity index (χ4v) is 1.95. The van der Waals surface area contributed by atoms with Crippen molar-refractivity contribution in [2.24, 2.45) is 17.4 Å². The highest BCUT2D eigenvalue weighted by Gasteiger charge is 2.10. The quantitative estimate of drug-likeness (QED) is 0.161. The van der Waals surface area contributed by atoms with E-state index in [1.54, 1.807) is 0 Å². The summed E-state index contributed by atoms with van der Waals surface area (Å²) in [6.07, 6.45) is -1.07. The Morgan fingerprint density at radius 3 is 1.46 bits per heavy atom. The second kappa shape index (κ2) is 22.2. The number of hydrogen-bond donors (Lipinski definition) is 4. The topological polar surface area (TPSA) is 157 Å². The molecule has 0 atom stereocenters. The number of hydrogen-bond acceptors (Lipinski definition) is 9. The first-order chi connectivity index (χ1) is 13.7. The first kappa shape index (κ1) is 27.0. The van der Waals surface area contributed by atoms with E-state index >= 15 is 0 Å². The maximum Gasteiger partial charge on any atom is 0.404 e. The molecular weight excluding hydrogens is 374 g/mol. The van der Waals surface area contributed by atoms with Crippen LogP contribution in [0.15, 0.2) is 0 Å². The Labute approximate surface area is 166 Å². The molecule has 0 aromatic heterocycles. The zero-order valence-electron chi connectivity index (χ0n) is 16.6. The molecule has 0 unspecified atom stereocenters. The lowest BCUT2D eigenvalue weighted by Gasteiger charge is -2.18. The minimum atomic E-state index is -1.07. The van der Waals surface area contributed by atoms with Crippen LogP contribution >= 0.6 is 0 Å². The van der Waals surface area contributed by atoms with Gasteiger partial charge in [0, 0.05) is 25.6 Å². The summed E-state index contributed by atoms with van der Waals surface area (Å²) >= 11 is 0. The van der Waals surface area contributed by atoms with E-state index in [0.29, 0.717) is 92.4 Å². The lowest BCUT2D eigenvalue weighted by molar-refractivity contribution is -0.0360. The van der Waals surface area contributed by atoms with Crippen LogP contribution in [0.3, 0.4) is 0 Å². The smallest absolute Gasteiger partial charge is 0.404 e. The molecule has 0 aliphatic carbocycles. The monoisotopic (exact) mass is 411 g/mol. The van der Waals surface area contributed by atoms with E-state index in [1.165, 1.54) is 0 Å². The second-order valence-corrected chi connectivity index (χ2v) is 5.74. The van der Waals surface area contributed by atoms with Crippen LogP contribution < -0.4 is 16.8 Å². The first-order valence-electron chi connectivity index (χ1n) is 9.54. The molecule has 1 amide bonds. The molecule has 0 aliphatic heterocycles. The van der Waals surface area contributed by atoms with E-state index in [-0.39, 0.29) is 12.5 Å². The third-order valence-electron chi connectivity index (χ3n) is 3.22. The number of nitrogens with one attached hydrogen (secondary N) is 1. The van der Waals surface area contributed by atoms with Gasteiger partial charge in [0.05, 0.1) is 79.3 Å².